The molecule has 2 N–H and O–H groups in total. The predicted octanol–water partition coefficient (Wildman–Crippen LogP) is 4.18. The summed E-state index contributed by atoms with van der Waals surface area (Å²) in [7, 11) is 1.42. The first kappa shape index (κ1) is 27.3. The zero-order valence-corrected chi connectivity index (χ0v) is 22.6. The lowest BCUT2D eigenvalue weighted by Crippen LogP contribution is -2.32. The van der Waals surface area contributed by atoms with Crippen LogP contribution in [0.5, 0.6) is 5.75 Å². The molecule has 2 heterocycles. The van der Waals surface area contributed by atoms with E-state index in [2.05, 4.69) is 25.9 Å². The fourth-order valence-electron chi connectivity index (χ4n) is 3.41. The Kier molecular flexibility index (Phi) is 7.67. The Labute approximate surface area is 217 Å². The van der Waals surface area contributed by atoms with Gasteiger partial charge in [-0.25, -0.2) is 9.67 Å². The zero-order chi connectivity index (χ0) is 27.5. The first-order valence-corrected chi connectivity index (χ1v) is 11.9. The molecule has 0 aliphatic rings. The fraction of sp³-hybridized carbons (Fsp3) is 0.407. The molecule has 10 heteroatoms. The Morgan fingerprint density at radius 3 is 2.41 bits per heavy atom. The van der Waals surface area contributed by atoms with E-state index in [9.17, 15) is 14.9 Å². The highest BCUT2D eigenvalue weighted by Crippen LogP contribution is 2.33. The third-order valence-corrected chi connectivity index (χ3v) is 5.52. The summed E-state index contributed by atoms with van der Waals surface area (Å²) in [6, 6.07) is 8.90. The van der Waals surface area contributed by atoms with Crippen LogP contribution in [0, 0.1) is 23.7 Å². The van der Waals surface area contributed by atoms with E-state index >= 15 is 0 Å². The van der Waals surface area contributed by atoms with Crippen molar-refractivity contribution in [3.8, 4) is 17.5 Å². The second-order valence-corrected chi connectivity index (χ2v) is 11.0. The van der Waals surface area contributed by atoms with Crippen LogP contribution in [0.3, 0.4) is 0 Å². The van der Waals surface area contributed by atoms with Gasteiger partial charge in [-0.05, 0) is 36.1 Å². The number of rotatable bonds is 6. The highest BCUT2D eigenvalue weighted by atomic mass is 16.5. The second-order valence-electron chi connectivity index (χ2n) is 11.0. The van der Waals surface area contributed by atoms with E-state index in [-0.39, 0.29) is 33.9 Å². The lowest BCUT2D eigenvalue weighted by Gasteiger charge is -2.21. The summed E-state index contributed by atoms with van der Waals surface area (Å²) in [5, 5.41) is 23.4. The Balaban J connectivity index is 1.91. The van der Waals surface area contributed by atoms with Gasteiger partial charge in [-0.3, -0.25) is 9.59 Å². The van der Waals surface area contributed by atoms with Crippen molar-refractivity contribution in [2.45, 2.75) is 53.9 Å². The van der Waals surface area contributed by atoms with Crippen LogP contribution in [0.15, 0.2) is 30.5 Å². The van der Waals surface area contributed by atoms with Gasteiger partial charge in [0.15, 0.2) is 17.1 Å². The average molecular weight is 504 g/mol. The van der Waals surface area contributed by atoms with Gasteiger partial charge in [0.25, 0.3) is 11.8 Å². The number of methoxy groups -OCH3 is 1. The lowest BCUT2D eigenvalue weighted by molar-refractivity contribution is 0.0933. The maximum Gasteiger partial charge on any atom is 0.273 e. The number of hydrogen-bond donors (Lipinski definition) is 2. The van der Waals surface area contributed by atoms with Crippen LogP contribution in [0.4, 0.5) is 5.69 Å². The molecule has 10 nitrogen and oxygen atoms in total. The number of aromatic nitrogens is 4. The highest BCUT2D eigenvalue weighted by molar-refractivity contribution is 6.05. The number of amides is 2. The van der Waals surface area contributed by atoms with Crippen molar-refractivity contribution in [3.05, 3.63) is 58.7 Å². The molecule has 2 aromatic heterocycles. The van der Waals surface area contributed by atoms with Crippen LogP contribution in [0.2, 0.25) is 0 Å². The van der Waals surface area contributed by atoms with Gasteiger partial charge < -0.3 is 15.4 Å². The topological polar surface area (TPSA) is 135 Å². The number of benzene rings is 1. The van der Waals surface area contributed by atoms with Gasteiger partial charge in [0.1, 0.15) is 6.07 Å². The van der Waals surface area contributed by atoms with Gasteiger partial charge in [-0.1, -0.05) is 52.8 Å². The van der Waals surface area contributed by atoms with E-state index < -0.39 is 5.91 Å². The Morgan fingerprint density at radius 2 is 1.81 bits per heavy atom. The fourth-order valence-corrected chi connectivity index (χ4v) is 3.41. The molecular formula is C27H33N7O3. The molecule has 0 saturated carbocycles. The van der Waals surface area contributed by atoms with Crippen LogP contribution >= 0.6 is 0 Å². The Bertz CT molecular complexity index is 1370. The molecule has 0 radical (unpaired) electrons. The monoisotopic (exact) mass is 503 g/mol. The third-order valence-electron chi connectivity index (χ3n) is 5.52. The molecule has 0 atom stereocenters. The summed E-state index contributed by atoms with van der Waals surface area (Å²) in [6.07, 6.45) is 1.53. The molecule has 0 saturated heterocycles. The van der Waals surface area contributed by atoms with Gasteiger partial charge in [0.2, 0.25) is 0 Å². The van der Waals surface area contributed by atoms with Crippen molar-refractivity contribution >= 4 is 17.5 Å². The summed E-state index contributed by atoms with van der Waals surface area (Å²) >= 11 is 0. The minimum absolute atomic E-state index is 0.0664. The number of aryl methyl sites for hydroxylation is 1. The standard InChI is InChI=1S/C27H33N7O3/c1-16-9-10-17(11-21(16)34-14-20(32-33-34)25(36)29-15-26(2,3)4)24(35)31-18-12-22(27(5,6)7)30-19(13-28)23(18)37-8/h9-12,14H,15H2,1-8H3,(H,29,36)(H,30,31,35). The van der Waals surface area contributed by atoms with Gasteiger partial charge in [-0.15, -0.1) is 5.10 Å². The van der Waals surface area contributed by atoms with Crippen LogP contribution in [0.1, 0.15) is 79.3 Å². The molecule has 194 valence electrons. The first-order chi connectivity index (χ1) is 17.2. The molecule has 0 fully saturated rings. The summed E-state index contributed by atoms with van der Waals surface area (Å²) in [6.45, 7) is 14.3. The van der Waals surface area contributed by atoms with Gasteiger partial charge in [-0.2, -0.15) is 5.26 Å². The minimum atomic E-state index is -0.405. The van der Waals surface area contributed by atoms with Crippen LogP contribution < -0.4 is 15.4 Å². The molecule has 0 unspecified atom stereocenters. The Hall–Kier alpha value is -4.26. The SMILES string of the molecule is COc1c(NC(=O)c2ccc(C)c(-n3cc(C(=O)NCC(C)(C)C)nn3)c2)cc(C(C)(C)C)nc1C#N. The molecule has 0 spiro atoms. The van der Waals surface area contributed by atoms with E-state index in [1.165, 1.54) is 18.0 Å². The molecule has 37 heavy (non-hydrogen) atoms. The van der Waals surface area contributed by atoms with Gasteiger partial charge in [0.05, 0.1) is 24.7 Å². The molecule has 3 rings (SSSR count). The van der Waals surface area contributed by atoms with E-state index in [4.69, 9.17) is 4.74 Å². The number of ether oxygens (including phenoxy) is 1. The predicted molar refractivity (Wildman–Crippen MR) is 140 cm³/mol. The molecule has 1 aromatic carbocycles. The maximum atomic E-state index is 13.3. The van der Waals surface area contributed by atoms with Crippen LogP contribution in [-0.4, -0.2) is 45.4 Å². The molecule has 3 aromatic rings. The van der Waals surface area contributed by atoms with Crippen molar-refractivity contribution in [1.82, 2.24) is 25.3 Å². The number of nitrogens with zero attached hydrogens (tertiary/aromatic N) is 5. The van der Waals surface area contributed by atoms with Crippen molar-refractivity contribution < 1.29 is 14.3 Å². The minimum Gasteiger partial charge on any atom is -0.492 e. The molecule has 2 amide bonds. The second kappa shape index (κ2) is 10.4. The molecular weight excluding hydrogens is 470 g/mol. The molecule has 0 bridgehead atoms. The van der Waals surface area contributed by atoms with Crippen LogP contribution in [-0.2, 0) is 5.41 Å². The number of nitrogens with one attached hydrogen (secondary N) is 2. The normalized spacial score (nSPS) is 11.5. The Morgan fingerprint density at radius 1 is 1.11 bits per heavy atom. The maximum absolute atomic E-state index is 13.3. The van der Waals surface area contributed by atoms with Crippen LogP contribution in [0.25, 0.3) is 5.69 Å². The summed E-state index contributed by atoms with van der Waals surface area (Å²) in [4.78, 5) is 30.1. The third kappa shape index (κ3) is 6.50. The van der Waals surface area contributed by atoms with Crippen molar-refractivity contribution in [1.29, 1.82) is 5.26 Å². The lowest BCUT2D eigenvalue weighted by atomic mass is 9.91. The van der Waals surface area contributed by atoms with E-state index in [0.717, 1.165) is 5.56 Å². The van der Waals surface area contributed by atoms with Crippen molar-refractivity contribution in [2.75, 3.05) is 19.0 Å². The quantitative estimate of drug-likeness (QED) is 0.515. The average Bonchev–Trinajstić information content (AvgIpc) is 3.31. The number of pyridine rings is 1. The smallest absolute Gasteiger partial charge is 0.273 e. The summed E-state index contributed by atoms with van der Waals surface area (Å²) in [5.41, 5.74) is 2.64. The van der Waals surface area contributed by atoms with Crippen molar-refractivity contribution in [2.24, 2.45) is 5.41 Å². The number of carbonyl (C=O) groups excluding carboxylic acids is 2. The van der Waals surface area contributed by atoms with E-state index in [1.54, 1.807) is 24.3 Å². The summed E-state index contributed by atoms with van der Waals surface area (Å²) < 4.78 is 6.86. The largest absolute Gasteiger partial charge is 0.492 e. The number of carbonyl (C=O) groups is 2. The van der Waals surface area contributed by atoms with E-state index in [1.807, 2.05) is 54.5 Å². The zero-order valence-electron chi connectivity index (χ0n) is 22.6. The van der Waals surface area contributed by atoms with Crippen molar-refractivity contribution in [3.63, 3.8) is 0 Å². The summed E-state index contributed by atoms with van der Waals surface area (Å²) in [5.74, 6) is -0.531. The number of anilines is 1. The van der Waals surface area contributed by atoms with Gasteiger partial charge in [0, 0.05) is 23.2 Å². The molecule has 0 aliphatic heterocycles. The first-order valence-electron chi connectivity index (χ1n) is 11.9. The molecule has 0 aliphatic carbocycles. The van der Waals surface area contributed by atoms with E-state index in [0.29, 0.717) is 29.2 Å². The number of hydrogen-bond acceptors (Lipinski definition) is 7. The van der Waals surface area contributed by atoms with Gasteiger partial charge >= 0.3 is 0 Å². The number of nitriles is 1. The highest BCUT2D eigenvalue weighted by Gasteiger charge is 2.23.